The van der Waals surface area contributed by atoms with Crippen molar-refractivity contribution in [2.75, 3.05) is 6.61 Å². The number of nitrogens with zero attached hydrogens (tertiary/aromatic N) is 1. The van der Waals surface area contributed by atoms with Gasteiger partial charge in [0.1, 0.15) is 5.75 Å². The molecule has 1 N–H and O–H groups in total. The monoisotopic (exact) mass is 440 g/mol. The molecule has 0 aliphatic carbocycles. The number of hydrogen-bond acceptors (Lipinski definition) is 3. The van der Waals surface area contributed by atoms with Gasteiger partial charge in [-0.2, -0.15) is 5.10 Å². The number of allylic oxidation sites excluding steroid dienone is 1. The summed E-state index contributed by atoms with van der Waals surface area (Å²) < 4.78 is 6.25. The minimum atomic E-state index is -0.333. The number of ether oxygens (including phenoxy) is 1. The number of carbonyl (C=O) groups is 1. The van der Waals surface area contributed by atoms with Crippen molar-refractivity contribution in [2.45, 2.75) is 0 Å². The summed E-state index contributed by atoms with van der Waals surface area (Å²) in [5, 5.41) is 4.45. The van der Waals surface area contributed by atoms with Gasteiger partial charge >= 0.3 is 0 Å². The molecule has 0 bridgehead atoms. The van der Waals surface area contributed by atoms with E-state index >= 15 is 0 Å². The van der Waals surface area contributed by atoms with Gasteiger partial charge in [0, 0.05) is 11.2 Å². The smallest absolute Gasteiger partial charge is 0.277 e. The standard InChI is InChI=1S/C17H14ClIN2O2/c18-14-8-9-16(15(19)11-14)23-12-17(22)21-20-10-4-7-13-5-2-1-3-6-13/h1-11H,12H2,(H,21,22)/b7-4+,20-10-. The predicted molar refractivity (Wildman–Crippen MR) is 102 cm³/mol. The minimum absolute atomic E-state index is 0.114. The van der Waals surface area contributed by atoms with E-state index in [2.05, 4.69) is 33.1 Å². The first-order valence-electron chi connectivity index (χ1n) is 6.76. The lowest BCUT2D eigenvalue weighted by Crippen LogP contribution is -2.24. The number of hydrazone groups is 1. The molecule has 1 amide bonds. The van der Waals surface area contributed by atoms with Crippen LogP contribution in [-0.4, -0.2) is 18.7 Å². The number of benzene rings is 2. The summed E-state index contributed by atoms with van der Waals surface area (Å²) in [5.41, 5.74) is 3.46. The summed E-state index contributed by atoms with van der Waals surface area (Å²) in [6.07, 6.45) is 5.15. The van der Waals surface area contributed by atoms with Crippen LogP contribution in [0.15, 0.2) is 59.7 Å². The maximum atomic E-state index is 11.6. The molecule has 23 heavy (non-hydrogen) atoms. The van der Waals surface area contributed by atoms with Crippen LogP contribution in [0.3, 0.4) is 0 Å². The summed E-state index contributed by atoms with van der Waals surface area (Å²) in [6.45, 7) is -0.114. The van der Waals surface area contributed by atoms with E-state index in [9.17, 15) is 4.79 Å². The first-order chi connectivity index (χ1) is 11.1. The number of amides is 1. The highest BCUT2D eigenvalue weighted by atomic mass is 127. The average Bonchev–Trinajstić information content (AvgIpc) is 2.54. The number of halogens is 2. The summed E-state index contributed by atoms with van der Waals surface area (Å²) >= 11 is 7.96. The third-order valence-electron chi connectivity index (χ3n) is 2.69. The number of carbonyl (C=O) groups excluding carboxylic acids is 1. The molecule has 0 heterocycles. The van der Waals surface area contributed by atoms with Crippen molar-refractivity contribution in [3.8, 4) is 5.75 Å². The van der Waals surface area contributed by atoms with Crippen LogP contribution in [0.5, 0.6) is 5.75 Å². The highest BCUT2D eigenvalue weighted by molar-refractivity contribution is 14.1. The predicted octanol–water partition coefficient (Wildman–Crippen LogP) is 4.14. The van der Waals surface area contributed by atoms with Crippen molar-refractivity contribution in [1.29, 1.82) is 0 Å². The normalized spacial score (nSPS) is 11.0. The first kappa shape index (κ1) is 17.5. The Morgan fingerprint density at radius 2 is 2.04 bits per heavy atom. The van der Waals surface area contributed by atoms with Crippen LogP contribution in [0.25, 0.3) is 6.08 Å². The second-order valence-corrected chi connectivity index (χ2v) is 6.04. The van der Waals surface area contributed by atoms with E-state index in [1.54, 1.807) is 24.3 Å². The summed E-state index contributed by atoms with van der Waals surface area (Å²) in [6, 6.07) is 15.0. The number of hydrogen-bond donors (Lipinski definition) is 1. The van der Waals surface area contributed by atoms with Gasteiger partial charge in [0.15, 0.2) is 6.61 Å². The zero-order valence-corrected chi connectivity index (χ0v) is 15.0. The molecule has 0 unspecified atom stereocenters. The fourth-order valence-electron chi connectivity index (χ4n) is 1.64. The largest absolute Gasteiger partial charge is 0.483 e. The molecule has 2 aromatic carbocycles. The molecule has 118 valence electrons. The Morgan fingerprint density at radius 3 is 2.78 bits per heavy atom. The highest BCUT2D eigenvalue weighted by Gasteiger charge is 2.05. The Balaban J connectivity index is 1.74. The van der Waals surface area contributed by atoms with E-state index < -0.39 is 0 Å². The van der Waals surface area contributed by atoms with Crippen molar-refractivity contribution >= 4 is 52.4 Å². The molecule has 6 heteroatoms. The Labute approximate surface area is 153 Å². The van der Waals surface area contributed by atoms with Gasteiger partial charge in [0.2, 0.25) is 0 Å². The Bertz CT molecular complexity index is 718. The molecule has 0 saturated carbocycles. The zero-order valence-electron chi connectivity index (χ0n) is 12.1. The van der Waals surface area contributed by atoms with Crippen molar-refractivity contribution in [2.24, 2.45) is 5.10 Å². The molecule has 0 atom stereocenters. The lowest BCUT2D eigenvalue weighted by atomic mass is 10.2. The molecule has 0 aliphatic rings. The molecule has 2 aromatic rings. The average molecular weight is 441 g/mol. The van der Waals surface area contributed by atoms with E-state index in [1.165, 1.54) is 6.21 Å². The molecule has 0 spiro atoms. The van der Waals surface area contributed by atoms with Crippen LogP contribution >= 0.6 is 34.2 Å². The Hall–Kier alpha value is -1.86. The van der Waals surface area contributed by atoms with Gasteiger partial charge in [-0.15, -0.1) is 0 Å². The number of rotatable bonds is 6. The fraction of sp³-hybridized carbons (Fsp3) is 0.0588. The van der Waals surface area contributed by atoms with E-state index in [4.69, 9.17) is 16.3 Å². The lowest BCUT2D eigenvalue weighted by molar-refractivity contribution is -0.123. The Morgan fingerprint density at radius 1 is 1.26 bits per heavy atom. The van der Waals surface area contributed by atoms with Gasteiger partial charge in [-0.05, 0) is 52.4 Å². The van der Waals surface area contributed by atoms with Crippen LogP contribution in [0.2, 0.25) is 5.02 Å². The first-order valence-corrected chi connectivity index (χ1v) is 8.22. The summed E-state index contributed by atoms with van der Waals surface area (Å²) in [4.78, 5) is 11.6. The fourth-order valence-corrected chi connectivity index (χ4v) is 2.67. The van der Waals surface area contributed by atoms with E-state index in [-0.39, 0.29) is 12.5 Å². The maximum Gasteiger partial charge on any atom is 0.277 e. The minimum Gasteiger partial charge on any atom is -0.483 e. The van der Waals surface area contributed by atoms with Gasteiger partial charge in [0.25, 0.3) is 5.91 Å². The van der Waals surface area contributed by atoms with Gasteiger partial charge < -0.3 is 4.74 Å². The second kappa shape index (κ2) is 9.32. The molecule has 4 nitrogen and oxygen atoms in total. The molecule has 0 fully saturated rings. The van der Waals surface area contributed by atoms with E-state index in [0.717, 1.165) is 9.13 Å². The molecular formula is C17H14ClIN2O2. The van der Waals surface area contributed by atoms with Crippen molar-refractivity contribution < 1.29 is 9.53 Å². The quantitative estimate of drug-likeness (QED) is 0.417. The molecule has 0 radical (unpaired) electrons. The summed E-state index contributed by atoms with van der Waals surface area (Å²) in [7, 11) is 0. The highest BCUT2D eigenvalue weighted by Crippen LogP contribution is 2.24. The molecule has 0 saturated heterocycles. The van der Waals surface area contributed by atoms with E-state index in [0.29, 0.717) is 10.8 Å². The zero-order chi connectivity index (χ0) is 16.5. The Kier molecular flexibility index (Phi) is 7.09. The van der Waals surface area contributed by atoms with Gasteiger partial charge in [-0.25, -0.2) is 5.43 Å². The third-order valence-corrected chi connectivity index (χ3v) is 3.77. The lowest BCUT2D eigenvalue weighted by Gasteiger charge is -2.07. The van der Waals surface area contributed by atoms with Gasteiger partial charge in [-0.1, -0.05) is 48.0 Å². The van der Waals surface area contributed by atoms with Crippen molar-refractivity contribution in [3.05, 3.63) is 68.8 Å². The van der Waals surface area contributed by atoms with Crippen LogP contribution < -0.4 is 10.2 Å². The van der Waals surface area contributed by atoms with Gasteiger partial charge in [-0.3, -0.25) is 4.79 Å². The molecular weight excluding hydrogens is 427 g/mol. The van der Waals surface area contributed by atoms with E-state index in [1.807, 2.05) is 36.4 Å². The molecule has 0 aromatic heterocycles. The third kappa shape index (κ3) is 6.42. The van der Waals surface area contributed by atoms with Crippen molar-refractivity contribution in [3.63, 3.8) is 0 Å². The van der Waals surface area contributed by atoms with Crippen LogP contribution in [0.4, 0.5) is 0 Å². The second-order valence-electron chi connectivity index (χ2n) is 4.45. The maximum absolute atomic E-state index is 11.6. The number of nitrogens with one attached hydrogen (secondary N) is 1. The van der Waals surface area contributed by atoms with Crippen LogP contribution in [-0.2, 0) is 4.79 Å². The van der Waals surface area contributed by atoms with Crippen molar-refractivity contribution in [1.82, 2.24) is 5.43 Å². The molecule has 2 rings (SSSR count). The van der Waals surface area contributed by atoms with Crippen LogP contribution in [0.1, 0.15) is 5.56 Å². The molecule has 0 aliphatic heterocycles. The van der Waals surface area contributed by atoms with Gasteiger partial charge in [0.05, 0.1) is 3.57 Å². The summed E-state index contributed by atoms with van der Waals surface area (Å²) in [5.74, 6) is 0.276. The SMILES string of the molecule is O=C(COc1ccc(Cl)cc1I)N/N=C\C=C\c1ccccc1. The topological polar surface area (TPSA) is 50.7 Å². The van der Waals surface area contributed by atoms with Crippen LogP contribution in [0, 0.1) is 3.57 Å².